The first-order valence-electron chi connectivity index (χ1n) is 7.84. The Morgan fingerprint density at radius 3 is 2.42 bits per heavy atom. The van der Waals surface area contributed by atoms with Gasteiger partial charge in [-0.3, -0.25) is 14.5 Å². The van der Waals surface area contributed by atoms with E-state index in [4.69, 9.17) is 0 Å². The highest BCUT2D eigenvalue weighted by Gasteiger charge is 2.51. The molecule has 2 heterocycles. The van der Waals surface area contributed by atoms with Gasteiger partial charge in [0.05, 0.1) is 12.2 Å². The van der Waals surface area contributed by atoms with Crippen molar-refractivity contribution in [2.45, 2.75) is 18.9 Å². The molecule has 0 aliphatic carbocycles. The van der Waals surface area contributed by atoms with Crippen molar-refractivity contribution in [1.82, 2.24) is 14.8 Å². The molecule has 1 N–H and O–H groups in total. The summed E-state index contributed by atoms with van der Waals surface area (Å²) in [4.78, 5) is 38.7. The predicted molar refractivity (Wildman–Crippen MR) is 88.4 cm³/mol. The third kappa shape index (κ3) is 2.40. The van der Waals surface area contributed by atoms with Crippen LogP contribution in [0.2, 0.25) is 0 Å². The van der Waals surface area contributed by atoms with Gasteiger partial charge in [-0.2, -0.15) is 0 Å². The number of nitrogens with zero attached hydrogens (tertiary/aromatic N) is 2. The predicted octanol–water partition coefficient (Wildman–Crippen LogP) is 2.07. The highest BCUT2D eigenvalue weighted by atomic mass is 16.2. The molecule has 1 atom stereocenters. The summed E-state index contributed by atoms with van der Waals surface area (Å²) >= 11 is 0. The zero-order valence-corrected chi connectivity index (χ0v) is 13.7. The fourth-order valence-electron chi connectivity index (χ4n) is 3.11. The fraction of sp³-hybridized carbons (Fsp3) is 0.278. The van der Waals surface area contributed by atoms with Crippen LogP contribution in [0.1, 0.15) is 29.4 Å². The number of amides is 3. The number of carbonyl (C=O) groups is 3. The number of benzene rings is 1. The molecule has 1 unspecified atom stereocenters. The number of carbonyl (C=O) groups excluding carboxylic acids is 3. The maximum absolute atomic E-state index is 12.9. The van der Waals surface area contributed by atoms with Crippen molar-refractivity contribution in [1.29, 1.82) is 0 Å². The second-order valence-corrected chi connectivity index (χ2v) is 5.87. The molecule has 1 saturated heterocycles. The molecule has 3 amide bonds. The van der Waals surface area contributed by atoms with Gasteiger partial charge in [-0.15, -0.1) is 0 Å². The largest absolute Gasteiger partial charge is 0.348 e. The van der Waals surface area contributed by atoms with Crippen molar-refractivity contribution in [2.75, 3.05) is 6.54 Å². The van der Waals surface area contributed by atoms with Gasteiger partial charge in [0.2, 0.25) is 0 Å². The summed E-state index contributed by atoms with van der Waals surface area (Å²) in [5, 5.41) is 2.78. The molecule has 0 saturated carbocycles. The first kappa shape index (κ1) is 16.0. The lowest BCUT2D eigenvalue weighted by atomic mass is 9.87. The van der Waals surface area contributed by atoms with E-state index >= 15 is 0 Å². The van der Waals surface area contributed by atoms with E-state index in [-0.39, 0.29) is 18.2 Å². The van der Waals surface area contributed by atoms with Crippen LogP contribution in [-0.2, 0) is 17.4 Å². The first-order valence-corrected chi connectivity index (χ1v) is 7.84. The van der Waals surface area contributed by atoms with Gasteiger partial charge in [-0.25, -0.2) is 4.79 Å². The maximum Gasteiger partial charge on any atom is 0.325 e. The van der Waals surface area contributed by atoms with Gasteiger partial charge in [0, 0.05) is 13.2 Å². The Balaban J connectivity index is 1.89. The smallest absolute Gasteiger partial charge is 0.325 e. The van der Waals surface area contributed by atoms with Gasteiger partial charge in [-0.1, -0.05) is 37.3 Å². The standard InChI is InChI=1S/C18H19N3O3/c1-3-18(13-8-5-4-6-9-13)16(23)21(17(24)19-18)12-15(22)14-10-7-11-20(14)2/h4-11H,3,12H2,1-2H3,(H,19,24). The molecule has 1 aromatic heterocycles. The number of hydrogen-bond acceptors (Lipinski definition) is 3. The lowest BCUT2D eigenvalue weighted by Crippen LogP contribution is -2.43. The van der Waals surface area contributed by atoms with E-state index in [1.807, 2.05) is 37.3 Å². The van der Waals surface area contributed by atoms with E-state index in [0.717, 1.165) is 10.5 Å². The molecule has 3 rings (SSSR count). The van der Waals surface area contributed by atoms with Crippen LogP contribution in [0.25, 0.3) is 0 Å². The minimum Gasteiger partial charge on any atom is -0.348 e. The van der Waals surface area contributed by atoms with E-state index < -0.39 is 11.6 Å². The van der Waals surface area contributed by atoms with Gasteiger partial charge in [0.25, 0.3) is 5.91 Å². The average Bonchev–Trinajstić information content (AvgIpc) is 3.12. The number of urea groups is 1. The van der Waals surface area contributed by atoms with Crippen molar-refractivity contribution >= 4 is 17.7 Å². The van der Waals surface area contributed by atoms with Crippen LogP contribution in [0, 0.1) is 0 Å². The number of aryl methyl sites for hydroxylation is 1. The summed E-state index contributed by atoms with van der Waals surface area (Å²) in [6.45, 7) is 1.57. The van der Waals surface area contributed by atoms with Crippen LogP contribution in [0.3, 0.4) is 0 Å². The highest BCUT2D eigenvalue weighted by molar-refractivity contribution is 6.11. The quantitative estimate of drug-likeness (QED) is 0.676. The molecule has 24 heavy (non-hydrogen) atoms. The molecule has 0 bridgehead atoms. The summed E-state index contributed by atoms with van der Waals surface area (Å²) in [5.41, 5.74) is 0.0799. The minimum atomic E-state index is -1.10. The number of hydrogen-bond donors (Lipinski definition) is 1. The Morgan fingerprint density at radius 1 is 1.12 bits per heavy atom. The second-order valence-electron chi connectivity index (χ2n) is 5.87. The Labute approximate surface area is 140 Å². The number of ketones is 1. The first-order chi connectivity index (χ1) is 11.5. The van der Waals surface area contributed by atoms with E-state index in [1.165, 1.54) is 0 Å². The molecule has 1 aromatic carbocycles. The monoisotopic (exact) mass is 325 g/mol. The SMILES string of the molecule is CCC1(c2ccccc2)NC(=O)N(CC(=O)c2cccn2C)C1=O. The summed E-state index contributed by atoms with van der Waals surface area (Å²) < 4.78 is 1.67. The Hall–Kier alpha value is -2.89. The topological polar surface area (TPSA) is 71.4 Å². The van der Waals surface area contributed by atoms with Gasteiger partial charge in [-0.05, 0) is 24.1 Å². The molecule has 2 aromatic rings. The summed E-state index contributed by atoms with van der Waals surface area (Å²) in [5.74, 6) is -0.658. The second kappa shape index (κ2) is 5.96. The van der Waals surface area contributed by atoms with E-state index in [2.05, 4.69) is 5.32 Å². The number of nitrogens with one attached hydrogen (secondary N) is 1. The van der Waals surface area contributed by atoms with Gasteiger partial charge in [0.1, 0.15) is 5.54 Å². The molecular formula is C18H19N3O3. The Morgan fingerprint density at radius 2 is 1.83 bits per heavy atom. The maximum atomic E-state index is 12.9. The molecule has 1 aliphatic heterocycles. The minimum absolute atomic E-state index is 0.267. The van der Waals surface area contributed by atoms with Crippen molar-refractivity contribution in [2.24, 2.45) is 7.05 Å². The van der Waals surface area contributed by atoms with Crippen LogP contribution < -0.4 is 5.32 Å². The highest BCUT2D eigenvalue weighted by Crippen LogP contribution is 2.32. The molecule has 0 spiro atoms. The summed E-state index contributed by atoms with van der Waals surface area (Å²) in [7, 11) is 1.75. The van der Waals surface area contributed by atoms with Crippen molar-refractivity contribution in [3.8, 4) is 0 Å². The molecule has 0 radical (unpaired) electrons. The van der Waals surface area contributed by atoms with Crippen LogP contribution in [0.4, 0.5) is 4.79 Å². The van der Waals surface area contributed by atoms with Crippen molar-refractivity contribution < 1.29 is 14.4 Å². The van der Waals surface area contributed by atoms with Gasteiger partial charge < -0.3 is 9.88 Å². The third-order valence-electron chi connectivity index (χ3n) is 4.50. The van der Waals surface area contributed by atoms with E-state index in [0.29, 0.717) is 12.1 Å². The molecular weight excluding hydrogens is 306 g/mol. The van der Waals surface area contributed by atoms with E-state index in [1.54, 1.807) is 29.9 Å². The van der Waals surface area contributed by atoms with Crippen molar-refractivity contribution in [3.63, 3.8) is 0 Å². The van der Waals surface area contributed by atoms with Crippen molar-refractivity contribution in [3.05, 3.63) is 59.9 Å². The lowest BCUT2D eigenvalue weighted by Gasteiger charge is -2.25. The summed E-state index contributed by atoms with van der Waals surface area (Å²) in [6.07, 6.45) is 2.16. The molecule has 6 nitrogen and oxygen atoms in total. The van der Waals surface area contributed by atoms with Gasteiger partial charge >= 0.3 is 6.03 Å². The molecule has 1 aliphatic rings. The zero-order chi connectivity index (χ0) is 17.3. The lowest BCUT2D eigenvalue weighted by molar-refractivity contribution is -0.131. The van der Waals surface area contributed by atoms with Crippen LogP contribution in [0.5, 0.6) is 0 Å². The molecule has 6 heteroatoms. The number of rotatable bonds is 5. The Kier molecular flexibility index (Phi) is 3.97. The Bertz CT molecular complexity index is 797. The number of aromatic nitrogens is 1. The van der Waals surface area contributed by atoms with E-state index in [9.17, 15) is 14.4 Å². The van der Waals surface area contributed by atoms with Crippen LogP contribution in [-0.4, -0.2) is 33.7 Å². The fourth-order valence-corrected chi connectivity index (χ4v) is 3.11. The number of imide groups is 1. The normalized spacial score (nSPS) is 20.3. The average molecular weight is 325 g/mol. The van der Waals surface area contributed by atoms with Crippen LogP contribution >= 0.6 is 0 Å². The summed E-state index contributed by atoms with van der Waals surface area (Å²) in [6, 6.07) is 12.0. The molecule has 1 fully saturated rings. The zero-order valence-electron chi connectivity index (χ0n) is 13.7. The molecule has 124 valence electrons. The van der Waals surface area contributed by atoms with Crippen LogP contribution in [0.15, 0.2) is 48.7 Å². The number of Topliss-reactive ketones (excluding diaryl/α,β-unsaturated/α-hetero) is 1. The van der Waals surface area contributed by atoms with Gasteiger partial charge in [0.15, 0.2) is 5.78 Å². The third-order valence-corrected chi connectivity index (χ3v) is 4.50.